The van der Waals surface area contributed by atoms with Gasteiger partial charge in [-0.15, -0.1) is 0 Å². The van der Waals surface area contributed by atoms with E-state index in [-0.39, 0.29) is 91.5 Å². The molecule has 0 aromatic heterocycles. The van der Waals surface area contributed by atoms with Crippen molar-refractivity contribution in [3.63, 3.8) is 0 Å². The zero-order chi connectivity index (χ0) is 15.7. The molecule has 12 heteroatoms. The van der Waals surface area contributed by atoms with Gasteiger partial charge < -0.3 is 39.6 Å². The maximum atomic E-state index is 10.4. The molecule has 0 aliphatic carbocycles. The van der Waals surface area contributed by atoms with E-state index in [2.05, 4.69) is 0 Å². The number of carbonyl (C=O) groups is 4. The molecule has 0 rings (SSSR count). The first-order chi connectivity index (χ1) is 9.20. The molecule has 0 saturated heterocycles. The van der Waals surface area contributed by atoms with Gasteiger partial charge in [-0.05, 0) is 0 Å². The van der Waals surface area contributed by atoms with Gasteiger partial charge in [0.2, 0.25) is 0 Å². The Hall–Kier alpha value is 0.371. The van der Waals surface area contributed by atoms with E-state index in [0.717, 1.165) is 9.80 Å². The first kappa shape index (κ1) is 27.2. The molecule has 0 N–H and O–H groups in total. The second-order valence-corrected chi connectivity index (χ2v) is 3.91. The van der Waals surface area contributed by atoms with Crippen LogP contribution in [0.4, 0.5) is 0 Å². The summed E-state index contributed by atoms with van der Waals surface area (Å²) in [5.74, 6) is -6.12. The Bertz CT molecular complexity index is 327. The predicted octanol–water partition coefficient (Wildman–Crippen LogP) is -10.8. The van der Waals surface area contributed by atoms with Crippen LogP contribution in [0.1, 0.15) is 0 Å². The maximum absolute atomic E-state index is 10.4. The van der Waals surface area contributed by atoms with E-state index < -0.39 is 50.1 Å². The van der Waals surface area contributed by atoms with Crippen molar-refractivity contribution in [3.8, 4) is 0 Å². The topological polar surface area (TPSA) is 167 Å². The van der Waals surface area contributed by atoms with Gasteiger partial charge in [0.25, 0.3) is 0 Å². The van der Waals surface area contributed by atoms with E-state index in [9.17, 15) is 39.6 Å². The number of aliphatic carboxylic acids is 4. The molecule has 0 saturated carbocycles. The molecule has 0 fully saturated rings. The van der Waals surface area contributed by atoms with Crippen LogP contribution in [0.3, 0.4) is 0 Å². The summed E-state index contributed by atoms with van der Waals surface area (Å²) >= 11 is 0. The summed E-state index contributed by atoms with van der Waals surface area (Å²) in [6.45, 7) is -3.25. The molecule has 10 nitrogen and oxygen atoms in total. The van der Waals surface area contributed by atoms with Gasteiger partial charge in [-0.2, -0.15) is 0 Å². The fourth-order valence-corrected chi connectivity index (χ4v) is 1.44. The minimum absolute atomic E-state index is 0. The van der Waals surface area contributed by atoms with Crippen LogP contribution in [-0.2, 0) is 19.2 Å². The van der Waals surface area contributed by atoms with E-state index in [0.29, 0.717) is 0 Å². The predicted molar refractivity (Wildman–Crippen MR) is 58.7 cm³/mol. The molecular weight excluding hydrogens is 436 g/mol. The molecule has 0 aromatic rings. The Kier molecular flexibility index (Phi) is 18.5. The van der Waals surface area contributed by atoms with Crippen molar-refractivity contribution in [2.75, 3.05) is 39.3 Å². The molecular formula is C10H12BaN2NaO8-. The van der Waals surface area contributed by atoms with Gasteiger partial charge in [-0.25, -0.2) is 0 Å². The molecule has 0 amide bonds. The van der Waals surface area contributed by atoms with E-state index in [1.165, 1.54) is 0 Å². The van der Waals surface area contributed by atoms with Crippen molar-refractivity contribution >= 4 is 72.8 Å². The second-order valence-electron chi connectivity index (χ2n) is 3.91. The average molecular weight is 449 g/mol. The summed E-state index contributed by atoms with van der Waals surface area (Å²) in [5.41, 5.74) is 0. The molecule has 0 unspecified atom stereocenters. The van der Waals surface area contributed by atoms with Crippen LogP contribution >= 0.6 is 0 Å². The Morgan fingerprint density at radius 1 is 0.591 bits per heavy atom. The van der Waals surface area contributed by atoms with Crippen molar-refractivity contribution in [1.82, 2.24) is 9.80 Å². The number of hydrogen-bond acceptors (Lipinski definition) is 10. The summed E-state index contributed by atoms with van der Waals surface area (Å²) in [6.07, 6.45) is 0. The maximum Gasteiger partial charge on any atom is 2.00 e. The number of carboxylic acid groups (broad SMARTS) is 4. The van der Waals surface area contributed by atoms with Crippen molar-refractivity contribution < 1.29 is 69.2 Å². The molecule has 22 heavy (non-hydrogen) atoms. The van der Waals surface area contributed by atoms with Crippen molar-refractivity contribution in [1.29, 1.82) is 0 Å². The summed E-state index contributed by atoms with van der Waals surface area (Å²) < 4.78 is 0. The summed E-state index contributed by atoms with van der Waals surface area (Å²) in [5, 5.41) is 41.6. The third-order valence-electron chi connectivity index (χ3n) is 2.14. The van der Waals surface area contributed by atoms with Crippen LogP contribution in [0.15, 0.2) is 0 Å². The SMILES string of the molecule is O=C([O-])CN(CCN(CC(=O)[O-])CC(=O)[O-])CC(=O)[O-].[Ba+2].[Na+]. The van der Waals surface area contributed by atoms with Gasteiger partial charge in [0.15, 0.2) is 0 Å². The van der Waals surface area contributed by atoms with Crippen LogP contribution in [-0.4, -0.2) is 122 Å². The molecule has 0 atom stereocenters. The van der Waals surface area contributed by atoms with Gasteiger partial charge >= 0.3 is 78.4 Å². The third-order valence-corrected chi connectivity index (χ3v) is 2.14. The van der Waals surface area contributed by atoms with Crippen LogP contribution in [0.2, 0.25) is 0 Å². The number of carboxylic acids is 4. The van der Waals surface area contributed by atoms with Crippen molar-refractivity contribution in [3.05, 3.63) is 0 Å². The molecule has 0 aliphatic heterocycles. The fraction of sp³-hybridized carbons (Fsp3) is 0.600. The minimum Gasteiger partial charge on any atom is -0.549 e. The zero-order valence-corrected chi connectivity index (χ0v) is 18.6. The third kappa shape index (κ3) is 16.7. The monoisotopic (exact) mass is 449 g/mol. The van der Waals surface area contributed by atoms with Crippen molar-refractivity contribution in [2.45, 2.75) is 0 Å². The second kappa shape index (κ2) is 14.9. The van der Waals surface area contributed by atoms with E-state index in [1.54, 1.807) is 0 Å². The fourth-order valence-electron chi connectivity index (χ4n) is 1.44. The number of nitrogens with zero attached hydrogens (tertiary/aromatic N) is 2. The molecule has 0 spiro atoms. The summed E-state index contributed by atoms with van der Waals surface area (Å²) in [6, 6.07) is 0. The summed E-state index contributed by atoms with van der Waals surface area (Å²) in [7, 11) is 0. The van der Waals surface area contributed by atoms with Gasteiger partial charge in [-0.3, -0.25) is 9.80 Å². The minimum atomic E-state index is -1.53. The van der Waals surface area contributed by atoms with E-state index >= 15 is 0 Å². The molecule has 0 bridgehead atoms. The van der Waals surface area contributed by atoms with E-state index in [1.807, 2.05) is 0 Å². The Labute approximate surface area is 188 Å². The Morgan fingerprint density at radius 2 is 0.773 bits per heavy atom. The van der Waals surface area contributed by atoms with Crippen LogP contribution in [0.25, 0.3) is 0 Å². The van der Waals surface area contributed by atoms with Gasteiger partial charge in [0, 0.05) is 39.3 Å². The molecule has 0 heterocycles. The zero-order valence-electron chi connectivity index (χ0n) is 12.1. The first-order valence-corrected chi connectivity index (χ1v) is 5.44. The number of hydrogen-bond donors (Lipinski definition) is 0. The van der Waals surface area contributed by atoms with E-state index in [4.69, 9.17) is 0 Å². The van der Waals surface area contributed by atoms with Gasteiger partial charge in [0.05, 0.1) is 23.9 Å². The van der Waals surface area contributed by atoms with Gasteiger partial charge in [-0.1, -0.05) is 0 Å². The van der Waals surface area contributed by atoms with Crippen molar-refractivity contribution in [2.24, 2.45) is 0 Å². The summed E-state index contributed by atoms with van der Waals surface area (Å²) in [4.78, 5) is 43.4. The number of carbonyl (C=O) groups excluding carboxylic acids is 4. The first-order valence-electron chi connectivity index (χ1n) is 5.44. The standard InChI is InChI=1S/C10H16N2O8.Ba.Na/c13-7(14)3-11(4-8(15)16)1-2-12(5-9(17)18)6-10(19)20;;/h1-6H2,(H,13,14)(H,15,16)(H,17,18)(H,19,20);;/q;+2;+1/p-4. The normalized spacial score (nSPS) is 9.73. The molecule has 0 radical (unpaired) electrons. The largest absolute Gasteiger partial charge is 2.00 e. The van der Waals surface area contributed by atoms with Gasteiger partial charge in [0.1, 0.15) is 0 Å². The van der Waals surface area contributed by atoms with Crippen LogP contribution < -0.4 is 50.0 Å². The molecule has 0 aromatic carbocycles. The number of rotatable bonds is 11. The average Bonchev–Trinajstić information content (AvgIpc) is 2.22. The quantitative estimate of drug-likeness (QED) is 0.277. The molecule has 0 aliphatic rings. The Morgan fingerprint density at radius 3 is 0.909 bits per heavy atom. The smallest absolute Gasteiger partial charge is 0.549 e. The van der Waals surface area contributed by atoms with Crippen LogP contribution in [0.5, 0.6) is 0 Å². The van der Waals surface area contributed by atoms with Crippen LogP contribution in [0, 0.1) is 0 Å². The molecule has 114 valence electrons. The Balaban J connectivity index is -0.00000180.